The van der Waals surface area contributed by atoms with Crippen LogP contribution in [0.15, 0.2) is 48.5 Å². The molecule has 0 amide bonds. The summed E-state index contributed by atoms with van der Waals surface area (Å²) in [7, 11) is 0. The Morgan fingerprint density at radius 2 is 2.03 bits per heavy atom. The van der Waals surface area contributed by atoms with E-state index in [1.54, 1.807) is 0 Å². The molecule has 160 valence electrons. The first-order valence-electron chi connectivity index (χ1n) is 11.1. The first-order valence-corrected chi connectivity index (χ1v) is 11.1. The van der Waals surface area contributed by atoms with E-state index in [9.17, 15) is 0 Å². The molecule has 1 N–H and O–H groups in total. The van der Waals surface area contributed by atoms with Gasteiger partial charge in [-0.3, -0.25) is 4.90 Å². The number of aliphatic hydroxyl groups is 1. The first-order chi connectivity index (χ1) is 14.5. The van der Waals surface area contributed by atoms with Gasteiger partial charge in [-0.2, -0.15) is 0 Å². The summed E-state index contributed by atoms with van der Waals surface area (Å²) in [4.78, 5) is 2.56. The summed E-state index contributed by atoms with van der Waals surface area (Å²) in [6, 6.07) is 17.0. The topological polar surface area (TPSA) is 51.2 Å². The molecule has 0 bridgehead atoms. The third-order valence-electron chi connectivity index (χ3n) is 6.92. The van der Waals surface area contributed by atoms with E-state index < -0.39 is 0 Å². The minimum absolute atomic E-state index is 0.0288. The molecule has 0 spiro atoms. The molecule has 5 rings (SSSR count). The molecule has 3 aliphatic heterocycles. The number of nitrogens with zero attached hydrogens (tertiary/aromatic N) is 1. The van der Waals surface area contributed by atoms with Crippen LogP contribution in [0.25, 0.3) is 0 Å². The summed E-state index contributed by atoms with van der Waals surface area (Å²) in [6.07, 6.45) is 2.53. The van der Waals surface area contributed by atoms with Crippen LogP contribution in [0.2, 0.25) is 0 Å². The molecular weight excluding hydrogens is 378 g/mol. The molecule has 0 unspecified atom stereocenters. The highest BCUT2D eigenvalue weighted by molar-refractivity contribution is 5.39. The van der Waals surface area contributed by atoms with Crippen molar-refractivity contribution in [3.8, 4) is 11.5 Å². The van der Waals surface area contributed by atoms with Crippen LogP contribution in [-0.4, -0.2) is 47.5 Å². The standard InChI is InChI=1S/C25H31NO4/c1-25(2)20-15-21-23(29-24(20)19-8-3-4-9-22(19)30-25)10-11-26(21)16-17-6-5-7-18(14-17)28-13-12-27/h3-9,14,20-21,23-24,27H,10-13,15-16H2,1-2H3/t20-,21-,23-,24+/m1/s1. The minimum Gasteiger partial charge on any atom is -0.491 e. The second-order valence-electron chi connectivity index (χ2n) is 9.23. The summed E-state index contributed by atoms with van der Waals surface area (Å²) in [5, 5.41) is 9.00. The third kappa shape index (κ3) is 3.59. The van der Waals surface area contributed by atoms with Crippen LogP contribution < -0.4 is 9.47 Å². The van der Waals surface area contributed by atoms with Crippen LogP contribution >= 0.6 is 0 Å². The van der Waals surface area contributed by atoms with Crippen molar-refractivity contribution in [1.82, 2.24) is 4.90 Å². The SMILES string of the molecule is CC1(C)Oc2ccccc2[C@@H]2O[C@@H]3CCN(Cc4cccc(OCCO)c4)[C@@H]3C[C@H]21. The number of para-hydroxylation sites is 1. The van der Waals surface area contributed by atoms with Gasteiger partial charge in [0.25, 0.3) is 0 Å². The van der Waals surface area contributed by atoms with Gasteiger partial charge in [0, 0.05) is 30.6 Å². The lowest BCUT2D eigenvalue weighted by Crippen LogP contribution is -2.53. The van der Waals surface area contributed by atoms with Crippen molar-refractivity contribution in [2.24, 2.45) is 5.92 Å². The molecule has 2 fully saturated rings. The van der Waals surface area contributed by atoms with Crippen LogP contribution in [0, 0.1) is 5.92 Å². The van der Waals surface area contributed by atoms with Gasteiger partial charge in [-0.15, -0.1) is 0 Å². The largest absolute Gasteiger partial charge is 0.491 e. The van der Waals surface area contributed by atoms with Crippen LogP contribution in [0.3, 0.4) is 0 Å². The van der Waals surface area contributed by atoms with Crippen molar-refractivity contribution in [2.45, 2.75) is 57.1 Å². The Labute approximate surface area is 178 Å². The van der Waals surface area contributed by atoms with Gasteiger partial charge in [0.2, 0.25) is 0 Å². The predicted molar refractivity (Wildman–Crippen MR) is 115 cm³/mol. The minimum atomic E-state index is -0.254. The van der Waals surface area contributed by atoms with E-state index in [0.717, 1.165) is 37.4 Å². The average Bonchev–Trinajstić information content (AvgIpc) is 3.13. The highest BCUT2D eigenvalue weighted by atomic mass is 16.5. The number of benzene rings is 2. The summed E-state index contributed by atoms with van der Waals surface area (Å²) in [5.41, 5.74) is 2.18. The van der Waals surface area contributed by atoms with Gasteiger partial charge < -0.3 is 19.3 Å². The van der Waals surface area contributed by atoms with Crippen molar-refractivity contribution in [3.63, 3.8) is 0 Å². The summed E-state index contributed by atoms with van der Waals surface area (Å²) >= 11 is 0. The number of hydrogen-bond donors (Lipinski definition) is 1. The number of ether oxygens (including phenoxy) is 3. The normalized spacial score (nSPS) is 29.4. The molecular formula is C25H31NO4. The quantitative estimate of drug-likeness (QED) is 0.810. The van der Waals surface area contributed by atoms with Crippen molar-refractivity contribution in [3.05, 3.63) is 59.7 Å². The predicted octanol–water partition coefficient (Wildman–Crippen LogP) is 3.95. The lowest BCUT2D eigenvalue weighted by Gasteiger charge is -2.50. The van der Waals surface area contributed by atoms with E-state index in [4.69, 9.17) is 19.3 Å². The molecule has 0 radical (unpaired) electrons. The van der Waals surface area contributed by atoms with E-state index in [-0.39, 0.29) is 24.4 Å². The summed E-state index contributed by atoms with van der Waals surface area (Å²) < 4.78 is 18.7. The second kappa shape index (κ2) is 7.88. The molecule has 5 nitrogen and oxygen atoms in total. The van der Waals surface area contributed by atoms with Gasteiger partial charge >= 0.3 is 0 Å². The van der Waals surface area contributed by atoms with Crippen LogP contribution in [-0.2, 0) is 11.3 Å². The molecule has 2 saturated heterocycles. The maximum atomic E-state index is 9.00. The third-order valence-corrected chi connectivity index (χ3v) is 6.92. The maximum absolute atomic E-state index is 9.00. The summed E-state index contributed by atoms with van der Waals surface area (Å²) in [5.74, 6) is 2.11. The summed E-state index contributed by atoms with van der Waals surface area (Å²) in [6.45, 7) is 6.68. The lowest BCUT2D eigenvalue weighted by atomic mass is 9.74. The van der Waals surface area contributed by atoms with Gasteiger partial charge in [-0.1, -0.05) is 30.3 Å². The van der Waals surface area contributed by atoms with E-state index in [1.807, 2.05) is 18.2 Å². The van der Waals surface area contributed by atoms with E-state index in [2.05, 4.69) is 49.1 Å². The van der Waals surface area contributed by atoms with Gasteiger partial charge in [0.15, 0.2) is 0 Å². The van der Waals surface area contributed by atoms with Crippen molar-refractivity contribution >= 4 is 0 Å². The number of likely N-dealkylation sites (tertiary alicyclic amines) is 1. The Balaban J connectivity index is 1.34. The number of rotatable bonds is 5. The molecule has 3 aliphatic rings. The molecule has 0 aliphatic carbocycles. The Kier molecular flexibility index (Phi) is 5.21. The van der Waals surface area contributed by atoms with E-state index in [0.29, 0.717) is 18.6 Å². The van der Waals surface area contributed by atoms with E-state index in [1.165, 1.54) is 11.1 Å². The van der Waals surface area contributed by atoms with Gasteiger partial charge in [0.1, 0.15) is 23.7 Å². The van der Waals surface area contributed by atoms with E-state index >= 15 is 0 Å². The first kappa shape index (κ1) is 19.9. The van der Waals surface area contributed by atoms with Crippen LogP contribution in [0.5, 0.6) is 11.5 Å². The fourth-order valence-electron chi connectivity index (χ4n) is 5.45. The number of fused-ring (bicyclic) bond motifs is 4. The van der Waals surface area contributed by atoms with Crippen LogP contribution in [0.4, 0.5) is 0 Å². The molecule has 0 saturated carbocycles. The molecule has 5 heteroatoms. The second-order valence-corrected chi connectivity index (χ2v) is 9.23. The fraction of sp³-hybridized carbons (Fsp3) is 0.520. The lowest BCUT2D eigenvalue weighted by molar-refractivity contribution is -0.162. The van der Waals surface area contributed by atoms with Gasteiger partial charge in [-0.25, -0.2) is 0 Å². The average molecular weight is 410 g/mol. The zero-order chi connectivity index (χ0) is 20.7. The van der Waals surface area contributed by atoms with Gasteiger partial charge in [-0.05, 0) is 50.5 Å². The number of hydrogen-bond acceptors (Lipinski definition) is 5. The van der Waals surface area contributed by atoms with Gasteiger partial charge in [0.05, 0.1) is 18.8 Å². The molecule has 4 atom stereocenters. The Morgan fingerprint density at radius 1 is 1.17 bits per heavy atom. The fourth-order valence-corrected chi connectivity index (χ4v) is 5.45. The molecule has 0 aromatic heterocycles. The zero-order valence-corrected chi connectivity index (χ0v) is 17.8. The Hall–Kier alpha value is -2.08. The Bertz CT molecular complexity index is 898. The Morgan fingerprint density at radius 3 is 2.90 bits per heavy atom. The molecule has 30 heavy (non-hydrogen) atoms. The molecule has 2 aromatic carbocycles. The van der Waals surface area contributed by atoms with Crippen LogP contribution in [0.1, 0.15) is 43.9 Å². The zero-order valence-electron chi connectivity index (χ0n) is 17.8. The van der Waals surface area contributed by atoms with Crippen molar-refractivity contribution in [2.75, 3.05) is 19.8 Å². The highest BCUT2D eigenvalue weighted by Gasteiger charge is 2.52. The number of aliphatic hydroxyl groups excluding tert-OH is 1. The monoisotopic (exact) mass is 409 g/mol. The molecule has 3 heterocycles. The van der Waals surface area contributed by atoms with Crippen molar-refractivity contribution < 1.29 is 19.3 Å². The smallest absolute Gasteiger partial charge is 0.125 e. The highest BCUT2D eigenvalue weighted by Crippen LogP contribution is 2.52. The molecule has 2 aromatic rings. The maximum Gasteiger partial charge on any atom is 0.125 e. The van der Waals surface area contributed by atoms with Crippen molar-refractivity contribution in [1.29, 1.82) is 0 Å².